The molecule has 0 spiro atoms. The highest BCUT2D eigenvalue weighted by atomic mass is 35.5. The van der Waals surface area contributed by atoms with Gasteiger partial charge in [0.05, 0.1) is 0 Å². The van der Waals surface area contributed by atoms with E-state index in [-0.39, 0.29) is 5.91 Å². The van der Waals surface area contributed by atoms with Gasteiger partial charge in [-0.3, -0.25) is 4.79 Å². The van der Waals surface area contributed by atoms with Crippen LogP contribution in [0.3, 0.4) is 0 Å². The normalized spacial score (nSPS) is 10.5. The molecule has 0 atom stereocenters. The van der Waals surface area contributed by atoms with E-state index in [4.69, 9.17) is 11.6 Å². The topological polar surface area (TPSA) is 42.0 Å². The molecule has 0 aliphatic heterocycles. The number of amides is 1. The van der Waals surface area contributed by atoms with Crippen molar-refractivity contribution in [3.8, 4) is 10.6 Å². The predicted octanol–water partition coefficient (Wildman–Crippen LogP) is 5.02. The molecule has 0 bridgehead atoms. The van der Waals surface area contributed by atoms with Crippen molar-refractivity contribution in [2.45, 2.75) is 6.92 Å². The Balaban J connectivity index is 1.82. The van der Waals surface area contributed by atoms with Crippen molar-refractivity contribution in [1.29, 1.82) is 0 Å². The molecule has 5 heteroatoms. The molecule has 1 heterocycles. The molecular weight excluding hydrogens is 316 g/mol. The van der Waals surface area contributed by atoms with Crippen LogP contribution in [-0.4, -0.2) is 10.9 Å². The Morgan fingerprint density at radius 3 is 2.68 bits per heavy atom. The number of carbonyl (C=O) groups is 1. The van der Waals surface area contributed by atoms with Crippen LogP contribution in [0.5, 0.6) is 0 Å². The highest BCUT2D eigenvalue weighted by Crippen LogP contribution is 2.26. The summed E-state index contributed by atoms with van der Waals surface area (Å²) >= 11 is 7.51. The zero-order valence-corrected chi connectivity index (χ0v) is 13.4. The van der Waals surface area contributed by atoms with E-state index in [2.05, 4.69) is 10.3 Å². The Kier molecular flexibility index (Phi) is 4.22. The number of halogens is 1. The zero-order chi connectivity index (χ0) is 15.5. The first-order valence-electron chi connectivity index (χ1n) is 6.72. The van der Waals surface area contributed by atoms with Gasteiger partial charge in [-0.15, -0.1) is 11.3 Å². The standard InChI is InChI=1S/C17H13ClN2OS/c1-11-13(18)8-5-9-14(11)19-16(21)15-10-22-17(20-15)12-6-3-2-4-7-12/h2-10H,1H3,(H,19,21). The lowest BCUT2D eigenvalue weighted by molar-refractivity contribution is 0.102. The SMILES string of the molecule is Cc1c(Cl)cccc1NC(=O)c1csc(-c2ccccc2)n1. The van der Waals surface area contributed by atoms with Gasteiger partial charge < -0.3 is 5.32 Å². The molecule has 0 fully saturated rings. The van der Waals surface area contributed by atoms with E-state index in [1.165, 1.54) is 11.3 Å². The number of thiazole rings is 1. The van der Waals surface area contributed by atoms with E-state index >= 15 is 0 Å². The summed E-state index contributed by atoms with van der Waals surface area (Å²) in [5.41, 5.74) is 2.96. The van der Waals surface area contributed by atoms with Gasteiger partial charge in [0.15, 0.2) is 0 Å². The largest absolute Gasteiger partial charge is 0.320 e. The Morgan fingerprint density at radius 2 is 1.91 bits per heavy atom. The van der Waals surface area contributed by atoms with Crippen LogP contribution in [0.4, 0.5) is 5.69 Å². The number of hydrogen-bond donors (Lipinski definition) is 1. The van der Waals surface area contributed by atoms with Crippen LogP contribution in [0, 0.1) is 6.92 Å². The fourth-order valence-electron chi connectivity index (χ4n) is 2.02. The van der Waals surface area contributed by atoms with Crippen molar-refractivity contribution in [3.05, 3.63) is 70.2 Å². The molecule has 110 valence electrons. The lowest BCUT2D eigenvalue weighted by atomic mass is 10.2. The van der Waals surface area contributed by atoms with Crippen LogP contribution in [0.25, 0.3) is 10.6 Å². The maximum atomic E-state index is 12.3. The van der Waals surface area contributed by atoms with Gasteiger partial charge in [-0.1, -0.05) is 48.0 Å². The van der Waals surface area contributed by atoms with E-state index in [0.717, 1.165) is 16.1 Å². The summed E-state index contributed by atoms with van der Waals surface area (Å²) in [6.45, 7) is 1.87. The minimum absolute atomic E-state index is 0.233. The third-order valence-electron chi connectivity index (χ3n) is 3.27. The minimum atomic E-state index is -0.233. The van der Waals surface area contributed by atoms with Crippen molar-refractivity contribution in [2.24, 2.45) is 0 Å². The lowest BCUT2D eigenvalue weighted by Crippen LogP contribution is -2.13. The van der Waals surface area contributed by atoms with Gasteiger partial charge in [0, 0.05) is 21.7 Å². The number of nitrogens with one attached hydrogen (secondary N) is 1. The van der Waals surface area contributed by atoms with Crippen LogP contribution in [-0.2, 0) is 0 Å². The number of benzene rings is 2. The Hall–Kier alpha value is -2.17. The van der Waals surface area contributed by atoms with E-state index in [1.807, 2.05) is 43.3 Å². The number of anilines is 1. The Bertz CT molecular complexity index is 815. The van der Waals surface area contributed by atoms with Crippen molar-refractivity contribution in [1.82, 2.24) is 4.98 Å². The molecule has 3 rings (SSSR count). The Labute approximate surface area is 137 Å². The number of carbonyl (C=O) groups excluding carboxylic acids is 1. The smallest absolute Gasteiger partial charge is 0.275 e. The molecular formula is C17H13ClN2OS. The van der Waals surface area contributed by atoms with Crippen LogP contribution in [0.15, 0.2) is 53.9 Å². The average Bonchev–Trinajstić information content (AvgIpc) is 3.03. The van der Waals surface area contributed by atoms with Crippen LogP contribution >= 0.6 is 22.9 Å². The molecule has 0 aliphatic carbocycles. The monoisotopic (exact) mass is 328 g/mol. The fraction of sp³-hybridized carbons (Fsp3) is 0.0588. The molecule has 0 saturated heterocycles. The molecule has 1 N–H and O–H groups in total. The summed E-state index contributed by atoms with van der Waals surface area (Å²) < 4.78 is 0. The van der Waals surface area contributed by atoms with Gasteiger partial charge in [-0.05, 0) is 24.6 Å². The van der Waals surface area contributed by atoms with Gasteiger partial charge in [0.2, 0.25) is 0 Å². The summed E-state index contributed by atoms with van der Waals surface area (Å²) in [6, 6.07) is 15.2. The molecule has 0 aliphatic rings. The van der Waals surface area contributed by atoms with Gasteiger partial charge >= 0.3 is 0 Å². The van der Waals surface area contributed by atoms with Crippen LogP contribution in [0.2, 0.25) is 5.02 Å². The van der Waals surface area contributed by atoms with E-state index < -0.39 is 0 Å². The van der Waals surface area contributed by atoms with E-state index in [1.54, 1.807) is 17.5 Å². The third kappa shape index (κ3) is 3.03. The predicted molar refractivity (Wildman–Crippen MR) is 91.7 cm³/mol. The average molecular weight is 329 g/mol. The summed E-state index contributed by atoms with van der Waals surface area (Å²) in [6.07, 6.45) is 0. The maximum Gasteiger partial charge on any atom is 0.275 e. The number of rotatable bonds is 3. The molecule has 0 unspecified atom stereocenters. The zero-order valence-electron chi connectivity index (χ0n) is 11.8. The fourth-order valence-corrected chi connectivity index (χ4v) is 3.00. The quantitative estimate of drug-likeness (QED) is 0.733. The van der Waals surface area contributed by atoms with E-state index in [0.29, 0.717) is 16.4 Å². The third-order valence-corrected chi connectivity index (χ3v) is 4.57. The number of hydrogen-bond acceptors (Lipinski definition) is 3. The second-order valence-electron chi connectivity index (χ2n) is 4.77. The molecule has 3 nitrogen and oxygen atoms in total. The van der Waals surface area contributed by atoms with Crippen molar-refractivity contribution < 1.29 is 4.79 Å². The van der Waals surface area contributed by atoms with Gasteiger partial charge in [0.1, 0.15) is 10.7 Å². The molecule has 1 aromatic heterocycles. The lowest BCUT2D eigenvalue weighted by Gasteiger charge is -2.08. The molecule has 0 saturated carbocycles. The first-order valence-corrected chi connectivity index (χ1v) is 7.98. The van der Waals surface area contributed by atoms with Gasteiger partial charge in [-0.2, -0.15) is 0 Å². The highest BCUT2D eigenvalue weighted by Gasteiger charge is 2.13. The molecule has 3 aromatic rings. The second-order valence-corrected chi connectivity index (χ2v) is 6.04. The summed E-state index contributed by atoms with van der Waals surface area (Å²) in [5, 5.41) is 6.07. The van der Waals surface area contributed by atoms with Crippen LogP contribution < -0.4 is 5.32 Å². The molecule has 22 heavy (non-hydrogen) atoms. The van der Waals surface area contributed by atoms with E-state index in [9.17, 15) is 4.79 Å². The molecule has 2 aromatic carbocycles. The van der Waals surface area contributed by atoms with Gasteiger partial charge in [-0.25, -0.2) is 4.98 Å². The second kappa shape index (κ2) is 6.30. The first kappa shape index (κ1) is 14.8. The molecule has 0 radical (unpaired) electrons. The molecule has 1 amide bonds. The number of nitrogens with zero attached hydrogens (tertiary/aromatic N) is 1. The summed E-state index contributed by atoms with van der Waals surface area (Å²) in [7, 11) is 0. The highest BCUT2D eigenvalue weighted by molar-refractivity contribution is 7.13. The van der Waals surface area contributed by atoms with Crippen molar-refractivity contribution in [2.75, 3.05) is 5.32 Å². The van der Waals surface area contributed by atoms with Crippen LogP contribution in [0.1, 0.15) is 16.1 Å². The number of aromatic nitrogens is 1. The van der Waals surface area contributed by atoms with Crippen molar-refractivity contribution in [3.63, 3.8) is 0 Å². The summed E-state index contributed by atoms with van der Waals surface area (Å²) in [4.78, 5) is 16.7. The minimum Gasteiger partial charge on any atom is -0.320 e. The maximum absolute atomic E-state index is 12.3. The first-order chi connectivity index (χ1) is 10.6. The Morgan fingerprint density at radius 1 is 1.14 bits per heavy atom. The van der Waals surface area contributed by atoms with Crippen molar-refractivity contribution >= 4 is 34.5 Å². The summed E-state index contributed by atoms with van der Waals surface area (Å²) in [5.74, 6) is -0.233. The van der Waals surface area contributed by atoms with Gasteiger partial charge in [0.25, 0.3) is 5.91 Å².